The van der Waals surface area contributed by atoms with Crippen LogP contribution in [0.2, 0.25) is 0 Å². The van der Waals surface area contributed by atoms with Crippen molar-refractivity contribution in [3.05, 3.63) is 71.3 Å². The lowest BCUT2D eigenvalue weighted by atomic mass is 9.96. The number of aliphatic hydroxyl groups excluding tert-OH is 2. The number of carbonyl (C=O) groups is 2. The van der Waals surface area contributed by atoms with Gasteiger partial charge >= 0.3 is 0 Å². The van der Waals surface area contributed by atoms with Gasteiger partial charge in [0.05, 0.1) is 19.2 Å². The van der Waals surface area contributed by atoms with Gasteiger partial charge in [0, 0.05) is 6.42 Å². The number of rotatable bonds is 7. The van der Waals surface area contributed by atoms with Gasteiger partial charge < -0.3 is 20.4 Å². The van der Waals surface area contributed by atoms with E-state index in [2.05, 4.69) is 12.2 Å². The zero-order valence-corrected chi connectivity index (χ0v) is 16.9. The maximum Gasteiger partial charge on any atom is 0.254 e. The van der Waals surface area contributed by atoms with Crippen molar-refractivity contribution in [3.8, 4) is 0 Å². The van der Waals surface area contributed by atoms with Crippen LogP contribution < -0.4 is 5.32 Å². The van der Waals surface area contributed by atoms with Gasteiger partial charge in [0.2, 0.25) is 5.91 Å². The number of hydrogen-bond acceptors (Lipinski definition) is 4. The van der Waals surface area contributed by atoms with E-state index >= 15 is 0 Å². The number of hydrogen-bond donors (Lipinski definition) is 3. The first kappa shape index (κ1) is 21.9. The average molecular weight is 414 g/mol. The molecule has 7 heteroatoms. The standard InChI is InChI=1S/C23H27FN2O4/c1-2-15-8-10-17(11-9-15)21(16-6-4-3-5-7-16)25-22(29)19-12-18(24)13-26(19)23(30)20(28)14-27/h3-11,18-21,27-28H,2,12-14H2,1H3,(H,25,29)/t18-,19+,20?,21+/m1/s1. The minimum atomic E-state index is -1.67. The molecule has 0 aromatic heterocycles. The summed E-state index contributed by atoms with van der Waals surface area (Å²) in [5, 5.41) is 21.7. The fourth-order valence-corrected chi connectivity index (χ4v) is 3.74. The number of carbonyl (C=O) groups excluding carboxylic acids is 2. The highest BCUT2D eigenvalue weighted by Crippen LogP contribution is 2.26. The van der Waals surface area contributed by atoms with Gasteiger partial charge in [-0.15, -0.1) is 0 Å². The zero-order valence-electron chi connectivity index (χ0n) is 16.9. The normalized spacial score (nSPS) is 20.6. The first-order valence-electron chi connectivity index (χ1n) is 10.1. The Morgan fingerprint density at radius 3 is 2.37 bits per heavy atom. The van der Waals surface area contributed by atoms with E-state index < -0.39 is 42.8 Å². The van der Waals surface area contributed by atoms with Crippen molar-refractivity contribution in [1.82, 2.24) is 10.2 Å². The fourth-order valence-electron chi connectivity index (χ4n) is 3.74. The van der Waals surface area contributed by atoms with E-state index in [4.69, 9.17) is 5.11 Å². The molecule has 3 N–H and O–H groups in total. The molecule has 0 aliphatic carbocycles. The second-order valence-electron chi connectivity index (χ2n) is 7.49. The highest BCUT2D eigenvalue weighted by atomic mass is 19.1. The van der Waals surface area contributed by atoms with E-state index in [0.717, 1.165) is 22.4 Å². The number of aliphatic hydroxyl groups is 2. The molecule has 1 unspecified atom stereocenters. The molecule has 1 saturated heterocycles. The topological polar surface area (TPSA) is 89.9 Å². The van der Waals surface area contributed by atoms with Crippen LogP contribution in [-0.4, -0.2) is 58.4 Å². The van der Waals surface area contributed by atoms with Crippen LogP contribution in [0.25, 0.3) is 0 Å². The van der Waals surface area contributed by atoms with E-state index in [1.807, 2.05) is 54.6 Å². The summed E-state index contributed by atoms with van der Waals surface area (Å²) in [4.78, 5) is 26.4. The quantitative estimate of drug-likeness (QED) is 0.644. The Kier molecular flexibility index (Phi) is 7.18. The highest BCUT2D eigenvalue weighted by Gasteiger charge is 2.42. The average Bonchev–Trinajstić information content (AvgIpc) is 3.18. The zero-order chi connectivity index (χ0) is 21.7. The summed E-state index contributed by atoms with van der Waals surface area (Å²) in [6.07, 6.45) is -2.29. The number of amides is 2. The molecule has 3 rings (SSSR count). The van der Waals surface area contributed by atoms with Gasteiger partial charge in [0.25, 0.3) is 5.91 Å². The van der Waals surface area contributed by atoms with Crippen molar-refractivity contribution in [2.45, 2.75) is 44.1 Å². The molecule has 1 heterocycles. The third-order valence-corrected chi connectivity index (χ3v) is 5.43. The predicted octanol–water partition coefficient (Wildman–Crippen LogP) is 1.75. The number of benzene rings is 2. The Morgan fingerprint density at radius 1 is 1.13 bits per heavy atom. The van der Waals surface area contributed by atoms with Crippen LogP contribution in [0.1, 0.15) is 36.1 Å². The Balaban J connectivity index is 1.86. The third-order valence-electron chi connectivity index (χ3n) is 5.43. The molecule has 1 aliphatic rings. The maximum atomic E-state index is 14.1. The second kappa shape index (κ2) is 9.82. The number of aryl methyl sites for hydroxylation is 1. The molecule has 2 aromatic rings. The number of nitrogens with zero attached hydrogens (tertiary/aromatic N) is 1. The molecule has 6 nitrogen and oxygen atoms in total. The van der Waals surface area contributed by atoms with Crippen LogP contribution in [-0.2, 0) is 16.0 Å². The Bertz CT molecular complexity index is 859. The van der Waals surface area contributed by atoms with E-state index in [1.165, 1.54) is 5.56 Å². The molecule has 1 fully saturated rings. The summed E-state index contributed by atoms with van der Waals surface area (Å²) in [7, 11) is 0. The van der Waals surface area contributed by atoms with Crippen LogP contribution in [0.3, 0.4) is 0 Å². The smallest absolute Gasteiger partial charge is 0.254 e. The first-order valence-corrected chi connectivity index (χ1v) is 10.1. The van der Waals surface area contributed by atoms with Gasteiger partial charge in [-0.3, -0.25) is 9.59 Å². The van der Waals surface area contributed by atoms with Gasteiger partial charge in [0.1, 0.15) is 12.2 Å². The fraction of sp³-hybridized carbons (Fsp3) is 0.391. The molecule has 2 aromatic carbocycles. The number of halogens is 1. The first-order chi connectivity index (χ1) is 14.4. The van der Waals surface area contributed by atoms with Gasteiger partial charge in [-0.25, -0.2) is 4.39 Å². The molecule has 160 valence electrons. The summed E-state index contributed by atoms with van der Waals surface area (Å²) >= 11 is 0. The lowest BCUT2D eigenvalue weighted by Gasteiger charge is -2.28. The summed E-state index contributed by atoms with van der Waals surface area (Å²) in [6, 6.07) is 15.8. The Hall–Kier alpha value is -2.77. The van der Waals surface area contributed by atoms with Crippen LogP contribution in [0.4, 0.5) is 4.39 Å². The maximum absolute atomic E-state index is 14.1. The number of alkyl halides is 1. The monoisotopic (exact) mass is 414 g/mol. The molecule has 0 saturated carbocycles. The minimum Gasteiger partial charge on any atom is -0.393 e. The van der Waals surface area contributed by atoms with Crippen molar-refractivity contribution in [2.75, 3.05) is 13.2 Å². The van der Waals surface area contributed by atoms with Gasteiger partial charge in [-0.2, -0.15) is 0 Å². The van der Waals surface area contributed by atoms with Crippen molar-refractivity contribution in [1.29, 1.82) is 0 Å². The lowest BCUT2D eigenvalue weighted by molar-refractivity contribution is -0.147. The minimum absolute atomic E-state index is 0.147. The molecule has 4 atom stereocenters. The predicted molar refractivity (Wildman–Crippen MR) is 110 cm³/mol. The molecule has 1 aliphatic heterocycles. The van der Waals surface area contributed by atoms with Gasteiger partial charge in [0.15, 0.2) is 6.10 Å². The molecular formula is C23H27FN2O4. The summed E-state index contributed by atoms with van der Waals surface area (Å²) in [5.74, 6) is -1.34. The Labute approximate surface area is 175 Å². The molecule has 0 spiro atoms. The van der Waals surface area contributed by atoms with E-state index in [9.17, 15) is 19.1 Å². The van der Waals surface area contributed by atoms with Gasteiger partial charge in [-0.05, 0) is 23.1 Å². The van der Waals surface area contributed by atoms with E-state index in [-0.39, 0.29) is 13.0 Å². The third kappa shape index (κ3) is 4.86. The van der Waals surface area contributed by atoms with Crippen molar-refractivity contribution in [2.24, 2.45) is 0 Å². The molecular weight excluding hydrogens is 387 g/mol. The van der Waals surface area contributed by atoms with E-state index in [0.29, 0.717) is 0 Å². The van der Waals surface area contributed by atoms with Crippen molar-refractivity contribution < 1.29 is 24.2 Å². The number of likely N-dealkylation sites (tertiary alicyclic amines) is 1. The highest BCUT2D eigenvalue weighted by molar-refractivity contribution is 5.90. The second-order valence-corrected chi connectivity index (χ2v) is 7.49. The van der Waals surface area contributed by atoms with Crippen LogP contribution in [0.15, 0.2) is 54.6 Å². The summed E-state index contributed by atoms with van der Waals surface area (Å²) in [6.45, 7) is 0.998. The molecule has 0 bridgehead atoms. The van der Waals surface area contributed by atoms with Crippen LogP contribution in [0, 0.1) is 0 Å². The number of nitrogens with one attached hydrogen (secondary N) is 1. The summed E-state index contributed by atoms with van der Waals surface area (Å²) in [5.41, 5.74) is 2.90. The van der Waals surface area contributed by atoms with Crippen LogP contribution >= 0.6 is 0 Å². The van der Waals surface area contributed by atoms with Crippen LogP contribution in [0.5, 0.6) is 0 Å². The molecule has 0 radical (unpaired) electrons. The SMILES string of the molecule is CCc1ccc([C@@H](NC(=O)[C@@H]2C[C@@H](F)CN2C(=O)C(O)CO)c2ccccc2)cc1. The molecule has 2 amide bonds. The molecule has 30 heavy (non-hydrogen) atoms. The van der Waals surface area contributed by atoms with Gasteiger partial charge in [-0.1, -0.05) is 61.5 Å². The lowest BCUT2D eigenvalue weighted by Crippen LogP contribution is -2.50. The Morgan fingerprint density at radius 2 is 1.77 bits per heavy atom. The summed E-state index contributed by atoms with van der Waals surface area (Å²) < 4.78 is 14.1. The van der Waals surface area contributed by atoms with Crippen molar-refractivity contribution >= 4 is 11.8 Å². The van der Waals surface area contributed by atoms with Crippen molar-refractivity contribution in [3.63, 3.8) is 0 Å². The largest absolute Gasteiger partial charge is 0.393 e. The van der Waals surface area contributed by atoms with E-state index in [1.54, 1.807) is 0 Å².